The minimum absolute atomic E-state index is 0.367. The summed E-state index contributed by atoms with van der Waals surface area (Å²) in [5.41, 5.74) is -0.867. The molecule has 0 aliphatic carbocycles. The van der Waals surface area contributed by atoms with Gasteiger partial charge in [-0.2, -0.15) is 13.2 Å². The Bertz CT molecular complexity index is 276. The van der Waals surface area contributed by atoms with Crippen molar-refractivity contribution in [3.63, 3.8) is 0 Å². The molecular weight excluding hydrogens is 203 g/mol. The molecule has 12 heavy (non-hydrogen) atoms. The van der Waals surface area contributed by atoms with Crippen molar-refractivity contribution in [2.45, 2.75) is 6.18 Å². The Balaban J connectivity index is 3.02. The largest absolute Gasteiger partial charge is 0.564 e. The maximum Gasteiger partial charge on any atom is 0.564 e. The van der Waals surface area contributed by atoms with Crippen LogP contribution in [0.3, 0.4) is 0 Å². The second-order valence-corrected chi connectivity index (χ2v) is 3.94. The van der Waals surface area contributed by atoms with Gasteiger partial charge in [0.2, 0.25) is 0 Å². The van der Waals surface area contributed by atoms with Crippen LogP contribution in [0.5, 0.6) is 0 Å². The molecule has 0 aliphatic rings. The van der Waals surface area contributed by atoms with E-state index in [4.69, 9.17) is 9.07 Å². The molecule has 0 saturated heterocycles. The van der Waals surface area contributed by atoms with Crippen LogP contribution in [0, 0.1) is 0 Å². The molecule has 0 atom stereocenters. The number of halogens is 4. The number of aromatic nitrogens is 1. The Morgan fingerprint density at radius 2 is 2.00 bits per heavy atom. The second-order valence-electron chi connectivity index (χ2n) is 2.15. The molecule has 0 aliphatic heterocycles. The van der Waals surface area contributed by atoms with Gasteiger partial charge in [-0.15, -0.1) is 0 Å². The highest BCUT2D eigenvalue weighted by atomic mass is 35.5. The molecule has 0 unspecified atom stereocenters. The summed E-state index contributed by atoms with van der Waals surface area (Å²) in [6.45, 7) is 0. The Kier molecular flexibility index (Phi) is 3.20. The molecule has 0 amide bonds. The maximum absolute atomic E-state index is 12.0. The summed E-state index contributed by atoms with van der Waals surface area (Å²) in [6, 6.07) is 3.76. The summed E-state index contributed by atoms with van der Waals surface area (Å²) >= 11 is -1.13. The number of alkyl halides is 3. The van der Waals surface area contributed by atoms with E-state index in [1.165, 1.54) is 12.1 Å². The second kappa shape index (κ2) is 3.80. The van der Waals surface area contributed by atoms with Gasteiger partial charge in [0.25, 0.3) is 0 Å². The van der Waals surface area contributed by atoms with Gasteiger partial charge in [0, 0.05) is 0 Å². The molecule has 0 spiro atoms. The van der Waals surface area contributed by atoms with Crippen molar-refractivity contribution in [1.29, 1.82) is 0 Å². The van der Waals surface area contributed by atoms with Crippen LogP contribution in [0.2, 0.25) is 0 Å². The van der Waals surface area contributed by atoms with Gasteiger partial charge in [-0.3, -0.25) is 4.98 Å². The summed E-state index contributed by atoms with van der Waals surface area (Å²) in [5, 5.41) is 0. The summed E-state index contributed by atoms with van der Waals surface area (Å²) < 4.78 is 36.4. The van der Waals surface area contributed by atoms with Crippen LogP contribution in [0.1, 0.15) is 5.69 Å². The van der Waals surface area contributed by atoms with Gasteiger partial charge in [-0.25, -0.2) is 0 Å². The molecule has 1 rings (SSSR count). The fourth-order valence-corrected chi connectivity index (χ4v) is 1.61. The van der Waals surface area contributed by atoms with E-state index in [0.29, 0.717) is 3.82 Å². The first-order chi connectivity index (χ1) is 5.54. The summed E-state index contributed by atoms with van der Waals surface area (Å²) in [6.07, 6.45) is -4.36. The molecule has 1 aromatic heterocycles. The average molecular weight is 206 g/mol. The number of hydrogen-bond acceptors (Lipinski definition) is 1. The number of pyridine rings is 1. The van der Waals surface area contributed by atoms with Gasteiger partial charge >= 0.3 is 25.4 Å². The zero-order valence-electron chi connectivity index (χ0n) is 5.90. The van der Waals surface area contributed by atoms with Crippen LogP contribution in [0.15, 0.2) is 18.2 Å². The van der Waals surface area contributed by atoms with E-state index in [1.54, 1.807) is 0 Å². The molecule has 0 saturated carbocycles. The quantitative estimate of drug-likeness (QED) is 0.635. The predicted octanol–water partition coefficient (Wildman–Crippen LogP) is 1.58. The van der Waals surface area contributed by atoms with E-state index in [1.807, 2.05) is 0 Å². The third-order valence-corrected chi connectivity index (χ3v) is 2.72. The van der Waals surface area contributed by atoms with Gasteiger partial charge in [0.15, 0.2) is 0 Å². The molecule has 0 fully saturated rings. The standard InChI is InChI=1S/C6H3F3N.ClH.Mg/c7-6(8,9)5-3-1-2-4-10-5;;/h1-3H;1H;/q;;+1/p-1. The highest BCUT2D eigenvalue weighted by Crippen LogP contribution is 2.26. The molecule has 0 N–H and O–H groups in total. The minimum atomic E-state index is -4.36. The summed E-state index contributed by atoms with van der Waals surface area (Å²) in [5.74, 6) is 0. The number of rotatable bonds is 1. The first-order valence-corrected chi connectivity index (χ1v) is 5.97. The van der Waals surface area contributed by atoms with Gasteiger partial charge in [0.05, 0.1) is 0 Å². The lowest BCUT2D eigenvalue weighted by atomic mass is 10.3. The smallest absolute Gasteiger partial charge is 0.333 e. The van der Waals surface area contributed by atoms with Gasteiger partial charge in [-0.05, 0) is 6.07 Å². The van der Waals surface area contributed by atoms with Crippen molar-refractivity contribution in [2.24, 2.45) is 0 Å². The van der Waals surface area contributed by atoms with Crippen molar-refractivity contribution >= 4 is 32.2 Å². The third-order valence-electron chi connectivity index (χ3n) is 1.23. The molecule has 1 nitrogen and oxygen atoms in total. The Morgan fingerprint density at radius 1 is 1.33 bits per heavy atom. The van der Waals surface area contributed by atoms with Gasteiger partial charge < -0.3 is 9.07 Å². The van der Waals surface area contributed by atoms with Crippen molar-refractivity contribution in [3.8, 4) is 0 Å². The van der Waals surface area contributed by atoms with E-state index < -0.39 is 31.1 Å². The average Bonchev–Trinajstić information content (AvgIpc) is 2.03. The fraction of sp³-hybridized carbons (Fsp3) is 0.167. The molecular formula is C6H3ClF3MgN. The van der Waals surface area contributed by atoms with Crippen LogP contribution < -0.4 is 3.82 Å². The van der Waals surface area contributed by atoms with E-state index in [9.17, 15) is 13.2 Å². The van der Waals surface area contributed by atoms with E-state index >= 15 is 0 Å². The maximum atomic E-state index is 12.0. The molecule has 6 heteroatoms. The zero-order valence-corrected chi connectivity index (χ0v) is 8.07. The lowest BCUT2D eigenvalue weighted by molar-refractivity contribution is -0.141. The van der Waals surface area contributed by atoms with Crippen molar-refractivity contribution < 1.29 is 13.2 Å². The monoisotopic (exact) mass is 205 g/mol. The lowest BCUT2D eigenvalue weighted by Gasteiger charge is -2.05. The Morgan fingerprint density at radius 3 is 2.50 bits per heavy atom. The SMILES string of the molecule is FC(F)(F)c1ccc[c]([Mg][Cl])n1. The normalized spacial score (nSPS) is 11.0. The van der Waals surface area contributed by atoms with Crippen molar-refractivity contribution in [1.82, 2.24) is 4.98 Å². The van der Waals surface area contributed by atoms with Crippen LogP contribution in [0.4, 0.5) is 13.2 Å². The summed E-state index contributed by atoms with van der Waals surface area (Å²) in [7, 11) is 5.46. The third kappa shape index (κ3) is 2.50. The van der Waals surface area contributed by atoms with Crippen LogP contribution >= 0.6 is 9.07 Å². The fourth-order valence-electron chi connectivity index (χ4n) is 0.712. The first kappa shape index (κ1) is 10.1. The molecule has 1 aromatic rings. The van der Waals surface area contributed by atoms with Crippen LogP contribution in [0.25, 0.3) is 0 Å². The van der Waals surface area contributed by atoms with Gasteiger partial charge in [0.1, 0.15) is 5.69 Å². The molecule has 0 bridgehead atoms. The molecule has 0 aromatic carbocycles. The topological polar surface area (TPSA) is 12.9 Å². The van der Waals surface area contributed by atoms with Crippen LogP contribution in [-0.2, 0) is 6.18 Å². The zero-order chi connectivity index (χ0) is 9.19. The van der Waals surface area contributed by atoms with Crippen LogP contribution in [-0.4, -0.2) is 24.2 Å². The molecule has 0 radical (unpaired) electrons. The minimum Gasteiger partial charge on any atom is -0.333 e. The van der Waals surface area contributed by atoms with Gasteiger partial charge in [-0.1, -0.05) is 16.0 Å². The number of hydrogen-bond donors (Lipinski definition) is 0. The summed E-state index contributed by atoms with van der Waals surface area (Å²) in [4.78, 5) is 3.37. The lowest BCUT2D eigenvalue weighted by Crippen LogP contribution is -2.19. The Labute approximate surface area is 80.4 Å². The Hall–Kier alpha value is -0.00377. The first-order valence-electron chi connectivity index (χ1n) is 3.13. The number of nitrogens with zero attached hydrogens (tertiary/aromatic N) is 1. The van der Waals surface area contributed by atoms with Crippen molar-refractivity contribution in [3.05, 3.63) is 23.9 Å². The van der Waals surface area contributed by atoms with Crippen molar-refractivity contribution in [2.75, 3.05) is 0 Å². The molecule has 1 heterocycles. The van der Waals surface area contributed by atoms with E-state index in [-0.39, 0.29) is 0 Å². The van der Waals surface area contributed by atoms with E-state index in [0.717, 1.165) is 6.07 Å². The highest BCUT2D eigenvalue weighted by molar-refractivity contribution is 7.00. The van der Waals surface area contributed by atoms with E-state index in [2.05, 4.69) is 4.98 Å². The highest BCUT2D eigenvalue weighted by Gasteiger charge is 2.32. The predicted molar refractivity (Wildman–Crippen MR) is 40.5 cm³/mol. The molecule has 62 valence electrons.